The maximum Gasteiger partial charge on any atom is 0.472 e. The fourth-order valence-corrected chi connectivity index (χ4v) is 9.31. The van der Waals surface area contributed by atoms with E-state index >= 15 is 0 Å². The van der Waals surface area contributed by atoms with E-state index in [-0.39, 0.29) is 6.54 Å². The predicted molar refractivity (Wildman–Crippen MR) is 225 cm³/mol. The van der Waals surface area contributed by atoms with Gasteiger partial charge in [0.2, 0.25) is 0 Å². The Morgan fingerprint density at radius 1 is 0.392 bits per heavy atom. The molecule has 23 N–H and O–H groups in total. The zero-order valence-electron chi connectivity index (χ0n) is 38.8. The number of ether oxygens (including phenoxy) is 11. The lowest BCUT2D eigenvalue weighted by molar-refractivity contribution is -0.382. The standard InChI is InChI=1S/C38H69N2O33P/c39-1-2-64-74(59,60)65-8-14-20(47)25(52)28(55)36(71-14)72-31-21(48)13(69-35(30(31)57)62-5-11-18(45)22(49)15(40)33(58)66-11)7-63-38-32(26(53)17(44)10(4-42)68-38)73-37-29(56)24(51)19(46)12(70-37)6-61-34-27(54)23(50)16(43)9(3-41)67-34/h9-38,41-58H,1-8,39-40H2,(H,59,60)/t9-,10-,11-,12-,13-,14-,15-,16+,17-,18-,19+,20-,21-,22-,23+,24+,25+,26+,27-,28+,29-,30+,31+,32+,33+,34+,35+,36-,37-,38+/m1/s1. The Hall–Kier alpha value is -1.13. The molecule has 434 valence electrons. The number of phosphoric ester groups is 1. The van der Waals surface area contributed by atoms with Crippen LogP contribution < -0.4 is 11.5 Å². The van der Waals surface area contributed by atoms with Crippen molar-refractivity contribution in [1.82, 2.24) is 0 Å². The zero-order valence-corrected chi connectivity index (χ0v) is 39.7. The summed E-state index contributed by atoms with van der Waals surface area (Å²) in [6.45, 7) is -6.02. The molecule has 6 heterocycles. The van der Waals surface area contributed by atoms with Gasteiger partial charge < -0.3 is 160 Å². The van der Waals surface area contributed by atoms with E-state index in [0.717, 1.165) is 0 Å². The molecule has 0 aromatic heterocycles. The second kappa shape index (κ2) is 26.9. The summed E-state index contributed by atoms with van der Waals surface area (Å²) in [6, 6.07) is -1.47. The summed E-state index contributed by atoms with van der Waals surface area (Å²) >= 11 is 0. The van der Waals surface area contributed by atoms with Crippen LogP contribution >= 0.6 is 7.82 Å². The highest BCUT2D eigenvalue weighted by Crippen LogP contribution is 2.44. The number of aliphatic hydroxyl groups excluding tert-OH is 18. The quantitative estimate of drug-likeness (QED) is 0.0475. The first kappa shape index (κ1) is 62.1. The Morgan fingerprint density at radius 3 is 1.30 bits per heavy atom. The van der Waals surface area contributed by atoms with Gasteiger partial charge in [0, 0.05) is 6.54 Å². The van der Waals surface area contributed by atoms with Crippen LogP contribution in [0.3, 0.4) is 0 Å². The van der Waals surface area contributed by atoms with E-state index in [9.17, 15) is 101 Å². The van der Waals surface area contributed by atoms with Crippen molar-refractivity contribution in [3.05, 3.63) is 0 Å². The van der Waals surface area contributed by atoms with Crippen LogP contribution in [0.5, 0.6) is 0 Å². The smallest absolute Gasteiger partial charge is 0.394 e. The Morgan fingerprint density at radius 2 is 0.770 bits per heavy atom. The van der Waals surface area contributed by atoms with Gasteiger partial charge >= 0.3 is 7.82 Å². The van der Waals surface area contributed by atoms with Crippen LogP contribution in [0.1, 0.15) is 0 Å². The molecule has 74 heavy (non-hydrogen) atoms. The molecule has 31 atom stereocenters. The Kier molecular flexibility index (Phi) is 22.6. The van der Waals surface area contributed by atoms with Crippen molar-refractivity contribution >= 4 is 7.82 Å². The minimum absolute atomic E-state index is 0.194. The highest BCUT2D eigenvalue weighted by Gasteiger charge is 2.55. The van der Waals surface area contributed by atoms with E-state index in [2.05, 4.69) is 4.52 Å². The van der Waals surface area contributed by atoms with Crippen molar-refractivity contribution in [1.29, 1.82) is 0 Å². The van der Waals surface area contributed by atoms with Gasteiger partial charge in [-0.25, -0.2) is 4.57 Å². The molecule has 6 fully saturated rings. The summed E-state index contributed by atoms with van der Waals surface area (Å²) in [5, 5.41) is 191. The van der Waals surface area contributed by atoms with E-state index in [1.807, 2.05) is 0 Å². The summed E-state index contributed by atoms with van der Waals surface area (Å²) in [6.07, 6.45) is -56.1. The van der Waals surface area contributed by atoms with Crippen LogP contribution in [-0.2, 0) is 65.7 Å². The van der Waals surface area contributed by atoms with Crippen molar-refractivity contribution in [2.24, 2.45) is 11.5 Å². The first-order valence-electron chi connectivity index (χ1n) is 23.1. The average molecular weight is 1110 g/mol. The second-order valence-electron chi connectivity index (χ2n) is 18.2. The van der Waals surface area contributed by atoms with Crippen molar-refractivity contribution in [3.8, 4) is 0 Å². The number of phosphoric acid groups is 1. The highest BCUT2D eigenvalue weighted by atomic mass is 31.2. The van der Waals surface area contributed by atoms with E-state index in [1.54, 1.807) is 0 Å². The zero-order chi connectivity index (χ0) is 54.7. The molecule has 6 rings (SSSR count). The Bertz CT molecular complexity index is 1760. The molecule has 0 aliphatic carbocycles. The largest absolute Gasteiger partial charge is 0.472 e. The third-order valence-corrected chi connectivity index (χ3v) is 14.0. The molecule has 0 radical (unpaired) electrons. The van der Waals surface area contributed by atoms with Gasteiger partial charge in [-0.05, 0) is 0 Å². The molecule has 36 heteroatoms. The van der Waals surface area contributed by atoms with E-state index in [0.29, 0.717) is 0 Å². The number of hydrogen-bond donors (Lipinski definition) is 21. The molecular weight excluding hydrogens is 1040 g/mol. The maximum atomic E-state index is 12.3. The second-order valence-corrected chi connectivity index (χ2v) is 19.6. The van der Waals surface area contributed by atoms with Gasteiger partial charge in [0.05, 0.1) is 52.3 Å². The molecule has 6 aliphatic rings. The number of rotatable bonds is 21. The molecule has 0 aromatic rings. The summed E-state index contributed by atoms with van der Waals surface area (Å²) < 4.78 is 83.3. The van der Waals surface area contributed by atoms with Crippen LogP contribution in [0.4, 0.5) is 0 Å². The van der Waals surface area contributed by atoms with Crippen molar-refractivity contribution < 1.29 is 163 Å². The third-order valence-electron chi connectivity index (χ3n) is 13.1. The van der Waals surface area contributed by atoms with Gasteiger partial charge in [0.1, 0.15) is 140 Å². The SMILES string of the molecule is NCCOP(=O)(O)OC[C@H]1O[C@H](O[C@@H]2[C@H](O)[C@@H](OC[C@H]3O[C@H](O)[C@H](N)[C@@H](O)[C@@H]3O)O[C@H](CO[C@H]3O[C@H](CO)[C@@H](O)[C@H](O)[C@@H]3O[C@H]3O[C@H](CO[C@H]4O[C@H](CO)[C@H](O)[C@H](O)[C@H]4O)[C@H](O)[C@H](O)[C@H]3O)[C@H]2O)[C@@H](O)[C@@H](O)[C@@H]1O. The fraction of sp³-hybridized carbons (Fsp3) is 1.00. The lowest BCUT2D eigenvalue weighted by atomic mass is 9.96. The lowest BCUT2D eigenvalue weighted by Crippen LogP contribution is -2.66. The van der Waals surface area contributed by atoms with Crippen LogP contribution in [0.15, 0.2) is 0 Å². The molecule has 0 aromatic carbocycles. The predicted octanol–water partition coefficient (Wildman–Crippen LogP) is -14.0. The van der Waals surface area contributed by atoms with E-state index in [1.165, 1.54) is 0 Å². The molecule has 6 aliphatic heterocycles. The van der Waals surface area contributed by atoms with E-state index < -0.39 is 238 Å². The first-order valence-corrected chi connectivity index (χ1v) is 24.6. The molecule has 1 unspecified atom stereocenters. The molecular formula is C38H69N2O33P. The topological polar surface area (TPSA) is 573 Å². The van der Waals surface area contributed by atoms with Crippen molar-refractivity contribution in [2.75, 3.05) is 52.8 Å². The third kappa shape index (κ3) is 14.1. The number of aliphatic hydroxyl groups is 18. The molecule has 0 spiro atoms. The number of nitrogens with two attached hydrogens (primary N) is 2. The van der Waals surface area contributed by atoms with Crippen LogP contribution in [0, 0.1) is 0 Å². The summed E-state index contributed by atoms with van der Waals surface area (Å²) in [5.41, 5.74) is 10.9. The first-order chi connectivity index (χ1) is 34.8. The lowest BCUT2D eigenvalue weighted by Gasteiger charge is -2.48. The van der Waals surface area contributed by atoms with Crippen LogP contribution in [0.25, 0.3) is 0 Å². The Labute approximate surface area is 418 Å². The normalized spacial score (nSPS) is 50.3. The van der Waals surface area contributed by atoms with Gasteiger partial charge in [-0.15, -0.1) is 0 Å². The van der Waals surface area contributed by atoms with Gasteiger partial charge in [-0.3, -0.25) is 9.05 Å². The summed E-state index contributed by atoms with van der Waals surface area (Å²) in [4.78, 5) is 9.96. The van der Waals surface area contributed by atoms with Crippen molar-refractivity contribution in [3.63, 3.8) is 0 Å². The monoisotopic (exact) mass is 1110 g/mol. The molecule has 0 amide bonds. The minimum Gasteiger partial charge on any atom is -0.394 e. The van der Waals surface area contributed by atoms with Gasteiger partial charge in [0.25, 0.3) is 0 Å². The van der Waals surface area contributed by atoms with Gasteiger partial charge in [-0.1, -0.05) is 0 Å². The summed E-state index contributed by atoms with van der Waals surface area (Å²) in [5.74, 6) is 0. The highest BCUT2D eigenvalue weighted by molar-refractivity contribution is 7.47. The van der Waals surface area contributed by atoms with Gasteiger partial charge in [-0.2, -0.15) is 0 Å². The molecule has 0 bridgehead atoms. The van der Waals surface area contributed by atoms with Crippen LogP contribution in [0.2, 0.25) is 0 Å². The Balaban J connectivity index is 1.20. The fourth-order valence-electron chi connectivity index (χ4n) is 8.57. The molecule has 6 saturated heterocycles. The molecule has 35 nitrogen and oxygen atoms in total. The molecule has 0 saturated carbocycles. The minimum atomic E-state index is -4.83. The van der Waals surface area contributed by atoms with E-state index in [4.69, 9.17) is 68.1 Å². The van der Waals surface area contributed by atoms with Gasteiger partial charge in [0.15, 0.2) is 37.7 Å². The average Bonchev–Trinajstić information content (AvgIpc) is 3.37. The number of hydrogen-bond acceptors (Lipinski definition) is 34. The maximum absolute atomic E-state index is 12.3. The summed E-state index contributed by atoms with van der Waals surface area (Å²) in [7, 11) is -4.83. The van der Waals surface area contributed by atoms with Crippen molar-refractivity contribution in [2.45, 2.75) is 184 Å². The van der Waals surface area contributed by atoms with Crippen LogP contribution in [-0.4, -0.2) is 334 Å².